The van der Waals surface area contributed by atoms with E-state index < -0.39 is 5.97 Å². The first-order chi connectivity index (χ1) is 6.72. The average Bonchev–Trinajstić information content (AvgIpc) is 2.16. The molecule has 1 aromatic rings. The lowest BCUT2D eigenvalue weighted by atomic mass is 10.1. The van der Waals surface area contributed by atoms with Gasteiger partial charge in [0.15, 0.2) is 0 Å². The second kappa shape index (κ2) is 4.89. The molecule has 1 aromatic carbocycles. The number of aryl methyl sites for hydroxylation is 1. The number of benzene rings is 1. The number of hydrogen-bond donors (Lipinski definition) is 1. The van der Waals surface area contributed by atoms with Crippen molar-refractivity contribution in [1.29, 1.82) is 0 Å². The fourth-order valence-electron chi connectivity index (χ4n) is 1.08. The first kappa shape index (κ1) is 10.1. The topological polar surface area (TPSA) is 86.1 Å². The molecule has 0 unspecified atom stereocenters. The summed E-state index contributed by atoms with van der Waals surface area (Å²) in [4.78, 5) is 13.0. The van der Waals surface area contributed by atoms with Crippen LogP contribution in [0.1, 0.15) is 12.0 Å². The number of azide groups is 1. The van der Waals surface area contributed by atoms with Crippen molar-refractivity contribution < 1.29 is 9.90 Å². The molecule has 1 N–H and O–H groups in total. The highest BCUT2D eigenvalue weighted by Gasteiger charge is 1.99. The van der Waals surface area contributed by atoms with Gasteiger partial charge < -0.3 is 5.11 Å². The fourth-order valence-corrected chi connectivity index (χ4v) is 1.08. The van der Waals surface area contributed by atoms with Crippen LogP contribution in [0.15, 0.2) is 29.4 Å². The maximum absolute atomic E-state index is 10.3. The fraction of sp³-hybridized carbons (Fsp3) is 0.222. The Morgan fingerprint density at radius 2 is 2.36 bits per heavy atom. The molecule has 0 saturated carbocycles. The van der Waals surface area contributed by atoms with E-state index in [1.54, 1.807) is 24.3 Å². The molecule has 14 heavy (non-hydrogen) atoms. The lowest BCUT2D eigenvalue weighted by molar-refractivity contribution is -0.136. The summed E-state index contributed by atoms with van der Waals surface area (Å²) < 4.78 is 0. The van der Waals surface area contributed by atoms with E-state index in [9.17, 15) is 4.79 Å². The zero-order chi connectivity index (χ0) is 10.4. The average molecular weight is 191 g/mol. The molecule has 5 nitrogen and oxygen atoms in total. The Balaban J connectivity index is 2.73. The largest absolute Gasteiger partial charge is 0.481 e. The van der Waals surface area contributed by atoms with E-state index in [1.807, 2.05) is 0 Å². The van der Waals surface area contributed by atoms with Gasteiger partial charge in [0.1, 0.15) is 0 Å². The van der Waals surface area contributed by atoms with E-state index >= 15 is 0 Å². The molecule has 72 valence electrons. The molecule has 0 atom stereocenters. The minimum atomic E-state index is -0.834. The summed E-state index contributed by atoms with van der Waals surface area (Å²) in [5.74, 6) is -0.834. The molecular weight excluding hydrogens is 182 g/mol. The first-order valence-corrected chi connectivity index (χ1v) is 4.08. The second-order valence-electron chi connectivity index (χ2n) is 2.75. The Kier molecular flexibility index (Phi) is 3.52. The Morgan fingerprint density at radius 3 is 3.00 bits per heavy atom. The lowest BCUT2D eigenvalue weighted by Crippen LogP contribution is -1.96. The van der Waals surface area contributed by atoms with Gasteiger partial charge in [-0.15, -0.1) is 0 Å². The maximum atomic E-state index is 10.3. The van der Waals surface area contributed by atoms with E-state index in [2.05, 4.69) is 10.0 Å². The third kappa shape index (κ3) is 3.16. The van der Waals surface area contributed by atoms with Crippen molar-refractivity contribution in [3.8, 4) is 0 Å². The molecule has 0 radical (unpaired) electrons. The summed E-state index contributed by atoms with van der Waals surface area (Å²) in [7, 11) is 0. The lowest BCUT2D eigenvalue weighted by Gasteiger charge is -1.98. The number of carboxylic acids is 1. The number of carboxylic acid groups (broad SMARTS) is 1. The van der Waals surface area contributed by atoms with E-state index in [1.165, 1.54) is 0 Å². The normalized spacial score (nSPS) is 9.14. The van der Waals surface area contributed by atoms with Gasteiger partial charge in [-0.25, -0.2) is 0 Å². The van der Waals surface area contributed by atoms with Crippen molar-refractivity contribution in [1.82, 2.24) is 0 Å². The molecule has 0 spiro atoms. The van der Waals surface area contributed by atoms with Crippen molar-refractivity contribution in [3.63, 3.8) is 0 Å². The Hall–Kier alpha value is -2.00. The van der Waals surface area contributed by atoms with Gasteiger partial charge in [0.05, 0.1) is 0 Å². The zero-order valence-electron chi connectivity index (χ0n) is 7.42. The summed E-state index contributed by atoms with van der Waals surface area (Å²) in [6.07, 6.45) is 0.532. The van der Waals surface area contributed by atoms with E-state index in [0.29, 0.717) is 12.1 Å². The summed E-state index contributed by atoms with van der Waals surface area (Å²) in [5, 5.41) is 11.9. The molecule has 0 aliphatic heterocycles. The van der Waals surface area contributed by atoms with Crippen molar-refractivity contribution in [2.45, 2.75) is 12.8 Å². The van der Waals surface area contributed by atoms with Gasteiger partial charge in [-0.2, -0.15) is 0 Å². The van der Waals surface area contributed by atoms with E-state index in [0.717, 1.165) is 5.56 Å². The number of nitrogens with zero attached hydrogens (tertiary/aromatic N) is 3. The van der Waals surface area contributed by atoms with Crippen LogP contribution in [0.25, 0.3) is 10.4 Å². The van der Waals surface area contributed by atoms with Crippen molar-refractivity contribution in [3.05, 3.63) is 40.3 Å². The molecule has 0 saturated heterocycles. The van der Waals surface area contributed by atoms with Crippen LogP contribution >= 0.6 is 0 Å². The Bertz CT molecular complexity index is 383. The Labute approximate surface area is 80.6 Å². The van der Waals surface area contributed by atoms with Crippen LogP contribution in [0, 0.1) is 0 Å². The van der Waals surface area contributed by atoms with Gasteiger partial charge in [0, 0.05) is 17.0 Å². The van der Waals surface area contributed by atoms with Crippen LogP contribution in [0.4, 0.5) is 5.69 Å². The monoisotopic (exact) mass is 191 g/mol. The van der Waals surface area contributed by atoms with Gasteiger partial charge >= 0.3 is 5.97 Å². The number of hydrogen-bond acceptors (Lipinski definition) is 2. The SMILES string of the molecule is [N-]=[N+]=Nc1cccc(CCC(=O)O)c1. The molecule has 0 aliphatic rings. The Morgan fingerprint density at radius 1 is 1.57 bits per heavy atom. The minimum Gasteiger partial charge on any atom is -0.481 e. The smallest absolute Gasteiger partial charge is 0.303 e. The number of rotatable bonds is 4. The molecule has 0 aliphatic carbocycles. The van der Waals surface area contributed by atoms with Gasteiger partial charge in [0.25, 0.3) is 0 Å². The van der Waals surface area contributed by atoms with Gasteiger partial charge in [0.2, 0.25) is 0 Å². The molecule has 0 fully saturated rings. The third-order valence-electron chi connectivity index (χ3n) is 1.70. The van der Waals surface area contributed by atoms with Crippen molar-refractivity contribution >= 4 is 11.7 Å². The molecule has 5 heteroatoms. The summed E-state index contributed by atoms with van der Waals surface area (Å²) in [6.45, 7) is 0. The first-order valence-electron chi connectivity index (χ1n) is 4.08. The van der Waals surface area contributed by atoms with Gasteiger partial charge in [-0.3, -0.25) is 4.79 Å². The van der Waals surface area contributed by atoms with Gasteiger partial charge in [-0.1, -0.05) is 23.3 Å². The zero-order valence-corrected chi connectivity index (χ0v) is 7.42. The predicted octanol–water partition coefficient (Wildman–Crippen LogP) is 2.65. The highest BCUT2D eigenvalue weighted by molar-refractivity contribution is 5.67. The van der Waals surface area contributed by atoms with E-state index in [4.69, 9.17) is 10.6 Å². The van der Waals surface area contributed by atoms with Crippen LogP contribution in [-0.4, -0.2) is 11.1 Å². The third-order valence-corrected chi connectivity index (χ3v) is 1.70. The summed E-state index contributed by atoms with van der Waals surface area (Å²) >= 11 is 0. The van der Waals surface area contributed by atoms with Crippen LogP contribution in [0.3, 0.4) is 0 Å². The number of aliphatic carboxylic acids is 1. The maximum Gasteiger partial charge on any atom is 0.303 e. The van der Waals surface area contributed by atoms with Crippen LogP contribution < -0.4 is 0 Å². The number of carbonyl (C=O) groups is 1. The highest BCUT2D eigenvalue weighted by atomic mass is 16.4. The highest BCUT2D eigenvalue weighted by Crippen LogP contribution is 2.15. The summed E-state index contributed by atoms with van der Waals surface area (Å²) in [6, 6.07) is 6.90. The molecular formula is C9H9N3O2. The van der Waals surface area contributed by atoms with Crippen LogP contribution in [-0.2, 0) is 11.2 Å². The molecule has 0 aromatic heterocycles. The van der Waals surface area contributed by atoms with Crippen LogP contribution in [0.2, 0.25) is 0 Å². The molecule has 0 amide bonds. The quantitative estimate of drug-likeness (QED) is 0.450. The second-order valence-corrected chi connectivity index (χ2v) is 2.75. The standard InChI is InChI=1S/C9H9N3O2/c10-12-11-8-3-1-2-7(6-8)4-5-9(13)14/h1-3,6H,4-5H2,(H,13,14). The molecule has 1 rings (SSSR count). The van der Waals surface area contributed by atoms with Gasteiger partial charge in [-0.05, 0) is 23.6 Å². The predicted molar refractivity (Wildman–Crippen MR) is 51.2 cm³/mol. The molecule has 0 heterocycles. The van der Waals surface area contributed by atoms with Crippen LogP contribution in [0.5, 0.6) is 0 Å². The van der Waals surface area contributed by atoms with E-state index in [-0.39, 0.29) is 6.42 Å². The van der Waals surface area contributed by atoms with Crippen molar-refractivity contribution in [2.24, 2.45) is 5.11 Å². The van der Waals surface area contributed by atoms with Crippen molar-refractivity contribution in [2.75, 3.05) is 0 Å². The minimum absolute atomic E-state index is 0.0831. The summed E-state index contributed by atoms with van der Waals surface area (Å²) in [5.41, 5.74) is 9.56. The molecule has 0 bridgehead atoms.